The molecule has 0 bridgehead atoms. The lowest BCUT2D eigenvalue weighted by atomic mass is 9.89. The Balaban J connectivity index is 2.52. The lowest BCUT2D eigenvalue weighted by Gasteiger charge is -2.17. The molecular formula is C21H27F3O2. The number of phenolic OH excluding ortho intramolecular Hbond substituents is 1. The Kier molecular flexibility index (Phi) is 8.49. The second-order valence-corrected chi connectivity index (χ2v) is 6.68. The maximum Gasteiger partial charge on any atom is 0.200 e. The van der Waals surface area contributed by atoms with Gasteiger partial charge in [-0.1, -0.05) is 39.5 Å². The summed E-state index contributed by atoms with van der Waals surface area (Å²) in [5.74, 6) is -2.98. The van der Waals surface area contributed by atoms with Crippen LogP contribution in [0.15, 0.2) is 54.3 Å². The number of benzene rings is 1. The van der Waals surface area contributed by atoms with Crippen molar-refractivity contribution >= 4 is 0 Å². The van der Waals surface area contributed by atoms with E-state index in [0.717, 1.165) is 18.9 Å². The smallest absolute Gasteiger partial charge is 0.200 e. The Hall–Kier alpha value is -2.17. The molecule has 0 spiro atoms. The van der Waals surface area contributed by atoms with E-state index in [2.05, 4.69) is 17.9 Å². The number of phenols is 1. The minimum atomic E-state index is -1.12. The van der Waals surface area contributed by atoms with Gasteiger partial charge in [0.15, 0.2) is 11.7 Å². The molecule has 0 radical (unpaired) electrons. The van der Waals surface area contributed by atoms with Crippen molar-refractivity contribution < 1.29 is 23.0 Å². The van der Waals surface area contributed by atoms with Crippen LogP contribution in [0.5, 0.6) is 5.75 Å². The van der Waals surface area contributed by atoms with Gasteiger partial charge in [-0.2, -0.15) is 4.39 Å². The van der Waals surface area contributed by atoms with Crippen LogP contribution in [0, 0.1) is 17.7 Å². The van der Waals surface area contributed by atoms with Gasteiger partial charge in [0.1, 0.15) is 17.3 Å². The molecule has 2 atom stereocenters. The number of ether oxygens (including phenoxy) is 1. The van der Waals surface area contributed by atoms with E-state index in [1.54, 1.807) is 13.0 Å². The highest BCUT2D eigenvalue weighted by Crippen LogP contribution is 2.30. The molecule has 0 heterocycles. The van der Waals surface area contributed by atoms with Gasteiger partial charge in [-0.05, 0) is 48.3 Å². The lowest BCUT2D eigenvalue weighted by molar-refractivity contribution is 0.280. The van der Waals surface area contributed by atoms with E-state index in [4.69, 9.17) is 0 Å². The lowest BCUT2D eigenvalue weighted by Crippen LogP contribution is -2.06. The first-order valence-electron chi connectivity index (χ1n) is 8.62. The molecule has 1 aromatic carbocycles. The van der Waals surface area contributed by atoms with E-state index >= 15 is 0 Å². The first-order chi connectivity index (χ1) is 12.2. The minimum Gasteiger partial charge on any atom is -0.508 e. The first-order valence-corrected chi connectivity index (χ1v) is 8.62. The second-order valence-electron chi connectivity index (χ2n) is 6.68. The van der Waals surface area contributed by atoms with Crippen molar-refractivity contribution in [3.63, 3.8) is 0 Å². The van der Waals surface area contributed by atoms with Crippen LogP contribution in [0.2, 0.25) is 0 Å². The molecule has 1 rings (SSSR count). The highest BCUT2D eigenvalue weighted by atomic mass is 19.2. The normalized spacial score (nSPS) is 14.4. The number of allylic oxidation sites excluding steroid dienone is 3. The van der Waals surface area contributed by atoms with Crippen molar-refractivity contribution in [2.45, 2.75) is 39.5 Å². The zero-order valence-corrected chi connectivity index (χ0v) is 15.6. The summed E-state index contributed by atoms with van der Waals surface area (Å²) in [6.45, 7) is 10.8. The van der Waals surface area contributed by atoms with Gasteiger partial charge < -0.3 is 9.84 Å². The highest BCUT2D eigenvalue weighted by Gasteiger charge is 2.19. The van der Waals surface area contributed by atoms with Crippen LogP contribution < -0.4 is 0 Å². The fraction of sp³-hybridized carbons (Fsp3) is 0.429. The molecule has 0 aliphatic rings. The zero-order valence-electron chi connectivity index (χ0n) is 15.6. The van der Waals surface area contributed by atoms with Crippen molar-refractivity contribution in [2.75, 3.05) is 7.11 Å². The molecule has 0 saturated carbocycles. The third kappa shape index (κ3) is 6.28. The quantitative estimate of drug-likeness (QED) is 0.383. The number of methoxy groups -OCH3 is 1. The molecule has 0 aromatic heterocycles. The second kappa shape index (κ2) is 10.1. The fourth-order valence-electron chi connectivity index (χ4n) is 2.56. The molecule has 1 N–H and O–H groups in total. The molecule has 0 fully saturated rings. The molecule has 2 nitrogen and oxygen atoms in total. The summed E-state index contributed by atoms with van der Waals surface area (Å²) in [6, 6.07) is 4.14. The Morgan fingerprint density at radius 2 is 1.77 bits per heavy atom. The topological polar surface area (TPSA) is 29.5 Å². The van der Waals surface area contributed by atoms with Crippen molar-refractivity contribution in [3.05, 3.63) is 65.7 Å². The van der Waals surface area contributed by atoms with Crippen LogP contribution in [0.4, 0.5) is 13.2 Å². The van der Waals surface area contributed by atoms with Crippen molar-refractivity contribution in [1.29, 1.82) is 0 Å². The van der Waals surface area contributed by atoms with Gasteiger partial charge >= 0.3 is 0 Å². The average Bonchev–Trinajstić information content (AvgIpc) is 2.62. The number of hydrogen-bond donors (Lipinski definition) is 1. The summed E-state index contributed by atoms with van der Waals surface area (Å²) < 4.78 is 46.1. The Morgan fingerprint density at radius 1 is 1.12 bits per heavy atom. The van der Waals surface area contributed by atoms with Crippen molar-refractivity contribution in [2.24, 2.45) is 11.8 Å². The number of halogens is 3. The molecule has 144 valence electrons. The third-order valence-electron chi connectivity index (χ3n) is 4.60. The summed E-state index contributed by atoms with van der Waals surface area (Å²) >= 11 is 0. The SMILES string of the molecule is C=C(OC)/C(F)=C(/F)C(=C)C(C)CCC(C)CCc1ccc(O)cc1F. The standard InChI is InChI=1S/C21H27F3O2/c1-13(7-9-17-10-11-18(25)12-19(17)22)6-8-14(2)15(3)20(23)21(24)16(4)26-5/h10-14,25H,3-4,6-9H2,1-2,5H3/b21-20-. The molecule has 5 heteroatoms. The fourth-order valence-corrected chi connectivity index (χ4v) is 2.56. The van der Waals surface area contributed by atoms with Gasteiger partial charge in [-0.15, -0.1) is 0 Å². The number of rotatable bonds is 10. The number of aromatic hydroxyl groups is 1. The molecule has 0 aliphatic heterocycles. The molecule has 0 aliphatic carbocycles. The van der Waals surface area contributed by atoms with Gasteiger partial charge in [0.2, 0.25) is 0 Å². The van der Waals surface area contributed by atoms with Crippen molar-refractivity contribution in [3.8, 4) is 5.75 Å². The van der Waals surface area contributed by atoms with Crippen LogP contribution in [0.25, 0.3) is 0 Å². The summed E-state index contributed by atoms with van der Waals surface area (Å²) in [6.07, 6.45) is 2.73. The molecule has 2 unspecified atom stereocenters. The van der Waals surface area contributed by atoms with Crippen LogP contribution >= 0.6 is 0 Å². The van der Waals surface area contributed by atoms with Gasteiger partial charge in [0, 0.05) is 6.07 Å². The Morgan fingerprint density at radius 3 is 2.35 bits per heavy atom. The zero-order chi connectivity index (χ0) is 19.9. The predicted octanol–water partition coefficient (Wildman–Crippen LogP) is 6.38. The highest BCUT2D eigenvalue weighted by molar-refractivity contribution is 5.33. The third-order valence-corrected chi connectivity index (χ3v) is 4.60. The average molecular weight is 368 g/mol. The van der Waals surface area contributed by atoms with Crippen LogP contribution in [-0.2, 0) is 11.2 Å². The monoisotopic (exact) mass is 368 g/mol. The van der Waals surface area contributed by atoms with E-state index in [-0.39, 0.29) is 28.9 Å². The van der Waals surface area contributed by atoms with Gasteiger partial charge in [0.05, 0.1) is 7.11 Å². The van der Waals surface area contributed by atoms with Crippen LogP contribution in [0.1, 0.15) is 38.7 Å². The van der Waals surface area contributed by atoms with E-state index in [1.165, 1.54) is 13.2 Å². The summed E-state index contributed by atoms with van der Waals surface area (Å²) in [4.78, 5) is 0. The summed E-state index contributed by atoms with van der Waals surface area (Å²) in [5, 5.41) is 9.22. The van der Waals surface area contributed by atoms with Crippen molar-refractivity contribution in [1.82, 2.24) is 0 Å². The minimum absolute atomic E-state index is 0.0810. The molecule has 0 saturated heterocycles. The molecule has 1 aromatic rings. The Bertz CT molecular complexity index is 680. The Labute approximate surface area is 153 Å². The molecule has 26 heavy (non-hydrogen) atoms. The number of hydrogen-bond acceptors (Lipinski definition) is 2. The van der Waals surface area contributed by atoms with Gasteiger partial charge in [-0.3, -0.25) is 0 Å². The first kappa shape index (κ1) is 21.9. The summed E-state index contributed by atoms with van der Waals surface area (Å²) in [7, 11) is 1.22. The maximum atomic E-state index is 14.1. The largest absolute Gasteiger partial charge is 0.508 e. The summed E-state index contributed by atoms with van der Waals surface area (Å²) in [5.41, 5.74) is 0.638. The van der Waals surface area contributed by atoms with Crippen LogP contribution in [-0.4, -0.2) is 12.2 Å². The van der Waals surface area contributed by atoms with Crippen LogP contribution in [0.3, 0.4) is 0 Å². The van der Waals surface area contributed by atoms with E-state index in [9.17, 15) is 18.3 Å². The van der Waals surface area contributed by atoms with E-state index in [1.807, 2.05) is 6.92 Å². The van der Waals surface area contributed by atoms with Gasteiger partial charge in [-0.25, -0.2) is 8.78 Å². The number of aryl methyl sites for hydroxylation is 1. The van der Waals surface area contributed by atoms with E-state index in [0.29, 0.717) is 18.4 Å². The van der Waals surface area contributed by atoms with E-state index < -0.39 is 17.5 Å². The molecular weight excluding hydrogens is 341 g/mol. The molecule has 0 amide bonds. The maximum absolute atomic E-state index is 14.1. The predicted molar refractivity (Wildman–Crippen MR) is 98.5 cm³/mol. The van der Waals surface area contributed by atoms with Gasteiger partial charge in [0.25, 0.3) is 0 Å².